The Hall–Kier alpha value is -5.02. The summed E-state index contributed by atoms with van der Waals surface area (Å²) >= 11 is 0. The van der Waals surface area contributed by atoms with Gasteiger partial charge in [0.1, 0.15) is 11.5 Å². The van der Waals surface area contributed by atoms with Gasteiger partial charge in [-0.1, -0.05) is 237 Å². The molecule has 6 aromatic rings. The van der Waals surface area contributed by atoms with E-state index in [1.54, 1.807) is 0 Å². The molecule has 0 N–H and O–H groups in total. The molecule has 0 heterocycles. The van der Waals surface area contributed by atoms with Gasteiger partial charge in [-0.3, -0.25) is 19.6 Å². The highest BCUT2D eigenvalue weighted by atomic mass is 31.0. The van der Waals surface area contributed by atoms with Crippen LogP contribution in [0.3, 0.4) is 0 Å². The highest BCUT2D eigenvalue weighted by Gasteiger charge is 2.28. The SMILES string of the molecule is CC(C)(C)c1ccc(OOc2ccc(C(C)(C)C)cc2C(C)(C)C)c(C(C)(C)C)c1.CC(C)Cc1ccc(OOc2ccc(CC(C)C)cc2C(C)(C)C)c(C(C)(C)C)c1.POc1ccccc1Cc1ccccc1OP. The second-order valence-corrected chi connectivity index (χ2v) is 28.2. The number of para-hydroxylation sites is 2. The maximum Gasteiger partial charge on any atom is 0.182 e. The van der Waals surface area contributed by atoms with Gasteiger partial charge < -0.3 is 9.05 Å². The largest absolute Gasteiger partial charge is 0.480 e. The zero-order chi connectivity index (χ0) is 57.9. The summed E-state index contributed by atoms with van der Waals surface area (Å²) in [4.78, 5) is 23.9. The predicted octanol–water partition coefficient (Wildman–Crippen LogP) is 19.9. The molecule has 2 atom stereocenters. The normalized spacial score (nSPS) is 12.3. The van der Waals surface area contributed by atoms with Gasteiger partial charge in [-0.2, -0.15) is 0 Å². The predicted molar refractivity (Wildman–Crippen MR) is 334 cm³/mol. The minimum Gasteiger partial charge on any atom is -0.480 e. The van der Waals surface area contributed by atoms with Gasteiger partial charge in [-0.15, -0.1) is 0 Å². The van der Waals surface area contributed by atoms with Crippen LogP contribution in [-0.2, 0) is 51.8 Å². The van der Waals surface area contributed by atoms with Crippen LogP contribution >= 0.6 is 18.9 Å². The van der Waals surface area contributed by atoms with E-state index in [0.29, 0.717) is 11.8 Å². The Bertz CT molecular complexity index is 2630. The highest BCUT2D eigenvalue weighted by Crippen LogP contribution is 2.40. The first-order valence-corrected chi connectivity index (χ1v) is 28.6. The third-order valence-electron chi connectivity index (χ3n) is 13.3. The van der Waals surface area contributed by atoms with Gasteiger partial charge in [-0.25, -0.2) is 0 Å². The van der Waals surface area contributed by atoms with Crippen LogP contribution in [0.25, 0.3) is 0 Å². The Morgan fingerprint density at radius 1 is 0.325 bits per heavy atom. The molecule has 0 saturated carbocycles. The van der Waals surface area contributed by atoms with E-state index < -0.39 is 0 Å². The van der Waals surface area contributed by atoms with E-state index in [-0.39, 0.29) is 32.5 Å². The molecule has 0 bridgehead atoms. The molecule has 0 aliphatic rings. The number of benzene rings is 6. The van der Waals surface area contributed by atoms with E-state index in [1.807, 2.05) is 48.5 Å². The van der Waals surface area contributed by atoms with Crippen LogP contribution in [0, 0.1) is 11.8 Å². The van der Waals surface area contributed by atoms with E-state index in [9.17, 15) is 0 Å². The van der Waals surface area contributed by atoms with Gasteiger partial charge in [-0.05, 0) is 127 Å². The van der Waals surface area contributed by atoms with Gasteiger partial charge in [0.2, 0.25) is 0 Å². The maximum atomic E-state index is 5.98. The van der Waals surface area contributed by atoms with Gasteiger partial charge >= 0.3 is 0 Å². The zero-order valence-electron chi connectivity index (χ0n) is 51.4. The molecule has 6 rings (SSSR count). The van der Waals surface area contributed by atoms with E-state index >= 15 is 0 Å². The van der Waals surface area contributed by atoms with Crippen LogP contribution < -0.4 is 28.6 Å². The number of hydrogen-bond acceptors (Lipinski definition) is 6. The molecule has 0 saturated heterocycles. The van der Waals surface area contributed by atoms with Gasteiger partial charge in [0, 0.05) is 28.7 Å². The number of rotatable bonds is 14. The fourth-order valence-electron chi connectivity index (χ4n) is 8.89. The molecule has 0 aromatic heterocycles. The lowest BCUT2D eigenvalue weighted by Crippen LogP contribution is -2.20. The first-order chi connectivity index (χ1) is 35.5. The molecule has 0 radical (unpaired) electrons. The van der Waals surface area contributed by atoms with Crippen molar-refractivity contribution in [3.8, 4) is 34.5 Å². The van der Waals surface area contributed by atoms with E-state index in [0.717, 1.165) is 76.0 Å². The van der Waals surface area contributed by atoms with Crippen LogP contribution in [0.4, 0.5) is 0 Å². The Labute approximate surface area is 472 Å². The summed E-state index contributed by atoms with van der Waals surface area (Å²) in [5.74, 6) is 6.12. The summed E-state index contributed by atoms with van der Waals surface area (Å²) in [5.41, 5.74) is 12.2. The van der Waals surface area contributed by atoms with Crippen molar-refractivity contribution in [3.05, 3.63) is 177 Å². The molecule has 0 aliphatic heterocycles. The quantitative estimate of drug-likeness (QED) is 0.0615. The minimum absolute atomic E-state index is 0.0281. The molecular formula is C69H98O6P2. The maximum absolute atomic E-state index is 5.98. The molecule has 2 unspecified atom stereocenters. The summed E-state index contributed by atoms with van der Waals surface area (Å²) in [7, 11) is 4.57. The lowest BCUT2D eigenvalue weighted by Gasteiger charge is -2.28. The molecule has 6 aromatic carbocycles. The fraction of sp³-hybridized carbons (Fsp3) is 0.478. The van der Waals surface area contributed by atoms with Crippen LogP contribution in [0.15, 0.2) is 121 Å². The van der Waals surface area contributed by atoms with E-state index in [4.69, 9.17) is 28.6 Å². The lowest BCUT2D eigenvalue weighted by atomic mass is 9.80. The fourth-order valence-corrected chi connectivity index (χ4v) is 9.35. The Balaban J connectivity index is 0.000000259. The van der Waals surface area contributed by atoms with Crippen molar-refractivity contribution in [2.45, 2.75) is 204 Å². The van der Waals surface area contributed by atoms with E-state index in [2.05, 4.69) is 244 Å². The summed E-state index contributed by atoms with van der Waals surface area (Å²) < 4.78 is 10.5. The summed E-state index contributed by atoms with van der Waals surface area (Å²) in [5, 5.41) is 0. The second-order valence-electron chi connectivity index (χ2n) is 27.7. The highest BCUT2D eigenvalue weighted by molar-refractivity contribution is 7.10. The van der Waals surface area contributed by atoms with Crippen molar-refractivity contribution < 1.29 is 28.6 Å². The average molecular weight is 1090 g/mol. The molecule has 0 fully saturated rings. The smallest absolute Gasteiger partial charge is 0.182 e. The first-order valence-electron chi connectivity index (χ1n) is 27.7. The topological polar surface area (TPSA) is 55.4 Å². The van der Waals surface area contributed by atoms with Crippen LogP contribution in [-0.4, -0.2) is 0 Å². The Morgan fingerprint density at radius 3 is 0.857 bits per heavy atom. The van der Waals surface area contributed by atoms with Crippen LogP contribution in [0.2, 0.25) is 0 Å². The average Bonchev–Trinajstić information content (AvgIpc) is 3.31. The summed E-state index contributed by atoms with van der Waals surface area (Å²) in [6.07, 6.45) is 2.92. The third kappa shape index (κ3) is 19.7. The van der Waals surface area contributed by atoms with Crippen LogP contribution in [0.1, 0.15) is 208 Å². The molecule has 8 heteroatoms. The Morgan fingerprint density at radius 2 is 0.597 bits per heavy atom. The Kier molecular flexibility index (Phi) is 22.4. The van der Waals surface area contributed by atoms with Crippen molar-refractivity contribution in [2.24, 2.45) is 11.8 Å². The second kappa shape index (κ2) is 26.8. The van der Waals surface area contributed by atoms with Gasteiger partial charge in [0.05, 0.1) is 18.9 Å². The number of hydrogen-bond donors (Lipinski definition) is 0. The van der Waals surface area contributed by atoms with Crippen LogP contribution in [0.5, 0.6) is 34.5 Å². The standard InChI is InChI=1S/2C28H42O2.C13H14O2P2/c1-25(2,3)19-13-15-23(21(17-19)27(7,8)9)29-30-24-16-14-20(26(4,5)6)18-22(24)28(10,11)12;1-19(2)15-21-11-13-25(23(17-21)27(5,6)7)29-30-26-14-12-22(16-20(3)4)18-24(26)28(8,9)10;16-14-12-7-3-1-5-10(12)9-11-6-2-4-8-13(11)15-17/h13-18H,1-12H3;11-14,17-20H,15-16H2,1-10H3;1-8H,9,16-17H2. The van der Waals surface area contributed by atoms with Gasteiger partial charge in [0.15, 0.2) is 23.0 Å². The molecule has 77 heavy (non-hydrogen) atoms. The molecule has 420 valence electrons. The molecule has 0 spiro atoms. The first kappa shape index (κ1) is 64.5. The van der Waals surface area contributed by atoms with E-state index in [1.165, 1.54) is 33.4 Å². The van der Waals surface area contributed by atoms with Crippen molar-refractivity contribution in [1.82, 2.24) is 0 Å². The molecule has 0 amide bonds. The van der Waals surface area contributed by atoms with Crippen molar-refractivity contribution in [3.63, 3.8) is 0 Å². The van der Waals surface area contributed by atoms with Gasteiger partial charge in [0.25, 0.3) is 0 Å². The molecule has 0 aliphatic carbocycles. The molecule has 6 nitrogen and oxygen atoms in total. The lowest BCUT2D eigenvalue weighted by molar-refractivity contribution is -0.103. The zero-order valence-corrected chi connectivity index (χ0v) is 53.7. The molecular weight excluding hydrogens is 987 g/mol. The third-order valence-corrected chi connectivity index (χ3v) is 13.8. The van der Waals surface area contributed by atoms with Crippen molar-refractivity contribution in [1.29, 1.82) is 0 Å². The minimum atomic E-state index is -0.0527. The monoisotopic (exact) mass is 1080 g/mol. The summed E-state index contributed by atoms with van der Waals surface area (Å²) in [6.45, 7) is 49.0. The van der Waals surface area contributed by atoms with Crippen molar-refractivity contribution in [2.75, 3.05) is 0 Å². The summed E-state index contributed by atoms with van der Waals surface area (Å²) in [6, 6.07) is 41.8. The van der Waals surface area contributed by atoms with Crippen molar-refractivity contribution >= 4 is 18.9 Å².